The molecule has 4 nitrogen and oxygen atoms in total. The summed E-state index contributed by atoms with van der Waals surface area (Å²) in [4.78, 5) is 17.7. The summed E-state index contributed by atoms with van der Waals surface area (Å²) in [6.45, 7) is 4.35. The van der Waals surface area contributed by atoms with Crippen molar-refractivity contribution in [2.45, 2.75) is 58.8 Å². The van der Waals surface area contributed by atoms with Gasteiger partial charge in [0.15, 0.2) is 5.78 Å². The number of oxime groups is 1. The van der Waals surface area contributed by atoms with E-state index in [0.29, 0.717) is 43.1 Å². The fraction of sp³-hybridized carbons (Fsp3) is 0.667. The summed E-state index contributed by atoms with van der Waals surface area (Å²) in [5.41, 5.74) is 1.02. The van der Waals surface area contributed by atoms with Crippen LogP contribution in [0.3, 0.4) is 0 Å². The lowest BCUT2D eigenvalue weighted by Crippen LogP contribution is -2.29. The zero-order chi connectivity index (χ0) is 15.9. The van der Waals surface area contributed by atoms with Gasteiger partial charge in [0.05, 0.1) is 11.3 Å². The highest BCUT2D eigenvalue weighted by Gasteiger charge is 2.34. The third-order valence-electron chi connectivity index (χ3n) is 4.53. The van der Waals surface area contributed by atoms with E-state index in [1.807, 2.05) is 13.8 Å². The Morgan fingerprint density at radius 2 is 2.14 bits per heavy atom. The molecule has 2 unspecified atom stereocenters. The molecule has 2 atom stereocenters. The zero-order valence-electron chi connectivity index (χ0n) is 13.7. The van der Waals surface area contributed by atoms with Crippen LogP contribution in [0, 0.1) is 11.8 Å². The maximum atomic E-state index is 12.6. The molecular weight excluding hydrogens is 278 g/mol. The lowest BCUT2D eigenvalue weighted by Gasteiger charge is -2.31. The summed E-state index contributed by atoms with van der Waals surface area (Å²) in [7, 11) is 0. The molecule has 4 heteroatoms. The number of hydrogen-bond acceptors (Lipinski definition) is 4. The van der Waals surface area contributed by atoms with Crippen molar-refractivity contribution in [3.8, 4) is 0 Å². The van der Waals surface area contributed by atoms with Gasteiger partial charge in [0.1, 0.15) is 12.4 Å². The van der Waals surface area contributed by atoms with E-state index in [-0.39, 0.29) is 17.5 Å². The zero-order valence-corrected chi connectivity index (χ0v) is 13.7. The third-order valence-corrected chi connectivity index (χ3v) is 4.53. The average Bonchev–Trinajstić information content (AvgIpc) is 2.52. The summed E-state index contributed by atoms with van der Waals surface area (Å²) < 4.78 is 0. The van der Waals surface area contributed by atoms with Crippen molar-refractivity contribution in [1.29, 1.82) is 0 Å². The van der Waals surface area contributed by atoms with Crippen molar-refractivity contribution in [2.24, 2.45) is 17.0 Å². The van der Waals surface area contributed by atoms with Crippen LogP contribution < -0.4 is 0 Å². The third kappa shape index (κ3) is 3.99. The highest BCUT2D eigenvalue weighted by molar-refractivity contribution is 6.23. The van der Waals surface area contributed by atoms with Gasteiger partial charge in [-0.1, -0.05) is 30.7 Å². The second kappa shape index (κ2) is 8.16. The van der Waals surface area contributed by atoms with E-state index in [4.69, 9.17) is 4.84 Å². The molecule has 122 valence electrons. The van der Waals surface area contributed by atoms with Crippen molar-refractivity contribution < 1.29 is 14.7 Å². The number of aliphatic hydroxyl groups excluding tert-OH is 1. The number of allylic oxidation sites excluding steroid dienone is 4. The van der Waals surface area contributed by atoms with Crippen LogP contribution in [0.2, 0.25) is 0 Å². The molecule has 0 saturated carbocycles. The van der Waals surface area contributed by atoms with Crippen LogP contribution in [0.1, 0.15) is 58.8 Å². The molecule has 0 aliphatic heterocycles. The van der Waals surface area contributed by atoms with Gasteiger partial charge in [-0.05, 0) is 44.4 Å². The van der Waals surface area contributed by atoms with Crippen molar-refractivity contribution in [2.75, 3.05) is 6.61 Å². The fourth-order valence-electron chi connectivity index (χ4n) is 3.43. The molecule has 0 aromatic rings. The van der Waals surface area contributed by atoms with Gasteiger partial charge >= 0.3 is 0 Å². The second-order valence-electron chi connectivity index (χ2n) is 6.16. The van der Waals surface area contributed by atoms with Crippen molar-refractivity contribution in [3.63, 3.8) is 0 Å². The molecule has 0 aromatic carbocycles. The molecule has 2 aliphatic carbocycles. The minimum Gasteiger partial charge on any atom is -0.511 e. The summed E-state index contributed by atoms with van der Waals surface area (Å²) in [6, 6.07) is 0. The first kappa shape index (κ1) is 16.8. The van der Waals surface area contributed by atoms with E-state index in [2.05, 4.69) is 17.3 Å². The largest absolute Gasteiger partial charge is 0.511 e. The first-order valence-corrected chi connectivity index (χ1v) is 8.46. The van der Waals surface area contributed by atoms with Crippen LogP contribution in [0.15, 0.2) is 28.6 Å². The molecule has 2 aliphatic rings. The van der Waals surface area contributed by atoms with Crippen LogP contribution in [0.5, 0.6) is 0 Å². The topological polar surface area (TPSA) is 58.9 Å². The summed E-state index contributed by atoms with van der Waals surface area (Å²) >= 11 is 0. The smallest absolute Gasteiger partial charge is 0.168 e. The molecule has 0 spiro atoms. The number of carbonyl (C=O) groups is 1. The van der Waals surface area contributed by atoms with Crippen LogP contribution in [0.25, 0.3) is 0 Å². The lowest BCUT2D eigenvalue weighted by atomic mass is 9.74. The summed E-state index contributed by atoms with van der Waals surface area (Å²) in [5.74, 6) is 1.00. The maximum absolute atomic E-state index is 12.6. The van der Waals surface area contributed by atoms with Gasteiger partial charge in [-0.25, -0.2) is 0 Å². The minimum atomic E-state index is 0.0233. The standard InChI is InChI=1S/C18H27NO3/c1-3-8-15(19-22-4-2)18-16(20)11-14(12-17(18)21)13-9-6-5-7-10-13/h5-6,13-14,20H,3-4,7-12H2,1-2H3/b19-15+. The molecule has 0 bridgehead atoms. The number of rotatable bonds is 6. The molecular formula is C18H27NO3. The first-order chi connectivity index (χ1) is 10.7. The molecule has 22 heavy (non-hydrogen) atoms. The Balaban J connectivity index is 2.17. The minimum absolute atomic E-state index is 0.0233. The number of hydrogen-bond donors (Lipinski definition) is 1. The van der Waals surface area contributed by atoms with E-state index >= 15 is 0 Å². The molecule has 0 heterocycles. The van der Waals surface area contributed by atoms with Crippen LogP contribution in [-0.4, -0.2) is 23.2 Å². The average molecular weight is 305 g/mol. The quantitative estimate of drug-likeness (QED) is 0.451. The van der Waals surface area contributed by atoms with Gasteiger partial charge in [0.25, 0.3) is 0 Å². The maximum Gasteiger partial charge on any atom is 0.168 e. The van der Waals surface area contributed by atoms with E-state index in [9.17, 15) is 9.90 Å². The van der Waals surface area contributed by atoms with Crippen LogP contribution in [-0.2, 0) is 9.63 Å². The predicted octanol–water partition coefficient (Wildman–Crippen LogP) is 4.33. The van der Waals surface area contributed by atoms with Crippen LogP contribution in [0.4, 0.5) is 0 Å². The van der Waals surface area contributed by atoms with Crippen LogP contribution >= 0.6 is 0 Å². The highest BCUT2D eigenvalue weighted by atomic mass is 16.6. The number of ketones is 1. The van der Waals surface area contributed by atoms with E-state index in [1.165, 1.54) is 0 Å². The number of nitrogens with zero attached hydrogens (tertiary/aromatic N) is 1. The molecule has 0 fully saturated rings. The van der Waals surface area contributed by atoms with Gasteiger partial charge < -0.3 is 9.94 Å². The Hall–Kier alpha value is -1.58. The number of carbonyl (C=O) groups excluding carboxylic acids is 1. The Bertz CT molecular complexity index is 491. The second-order valence-corrected chi connectivity index (χ2v) is 6.16. The van der Waals surface area contributed by atoms with Crippen molar-refractivity contribution >= 4 is 11.5 Å². The van der Waals surface area contributed by atoms with Crippen molar-refractivity contribution in [3.05, 3.63) is 23.5 Å². The SMILES string of the molecule is CCC/C(=N\OCC)C1=C(O)CC(C2CC=CCC2)CC1=O. The van der Waals surface area contributed by atoms with E-state index in [1.54, 1.807) is 0 Å². The Kier molecular flexibility index (Phi) is 6.22. The molecule has 0 amide bonds. The molecule has 0 radical (unpaired) electrons. The summed E-state index contributed by atoms with van der Waals surface area (Å²) in [6.07, 6.45) is 10.3. The van der Waals surface area contributed by atoms with Gasteiger partial charge in [0.2, 0.25) is 0 Å². The molecule has 0 saturated heterocycles. The first-order valence-electron chi connectivity index (χ1n) is 8.46. The Labute approximate surface area is 132 Å². The Morgan fingerprint density at radius 3 is 2.73 bits per heavy atom. The van der Waals surface area contributed by atoms with Gasteiger partial charge in [0, 0.05) is 12.8 Å². The molecule has 2 rings (SSSR count). The summed E-state index contributed by atoms with van der Waals surface area (Å²) in [5, 5.41) is 14.5. The van der Waals surface area contributed by atoms with Gasteiger partial charge in [-0.3, -0.25) is 4.79 Å². The Morgan fingerprint density at radius 1 is 1.32 bits per heavy atom. The highest BCUT2D eigenvalue weighted by Crippen LogP contribution is 2.37. The normalized spacial score (nSPS) is 26.5. The van der Waals surface area contributed by atoms with E-state index < -0.39 is 0 Å². The van der Waals surface area contributed by atoms with Crippen molar-refractivity contribution in [1.82, 2.24) is 0 Å². The fourth-order valence-corrected chi connectivity index (χ4v) is 3.43. The predicted molar refractivity (Wildman–Crippen MR) is 87.8 cm³/mol. The molecule has 0 aromatic heterocycles. The number of aliphatic hydroxyl groups is 1. The lowest BCUT2D eigenvalue weighted by molar-refractivity contribution is -0.117. The van der Waals surface area contributed by atoms with Gasteiger partial charge in [-0.15, -0.1) is 0 Å². The van der Waals surface area contributed by atoms with Gasteiger partial charge in [-0.2, -0.15) is 0 Å². The number of Topliss-reactive ketones (excluding diaryl/α,β-unsaturated/α-hetero) is 1. The van der Waals surface area contributed by atoms with E-state index in [0.717, 1.165) is 25.7 Å². The molecule has 1 N–H and O–H groups in total. The monoisotopic (exact) mass is 305 g/mol.